The molecule has 0 amide bonds. The second-order valence-corrected chi connectivity index (χ2v) is 4.15. The highest BCUT2D eigenvalue weighted by atomic mass is 16.5. The Morgan fingerprint density at radius 2 is 1.60 bits per heavy atom. The summed E-state index contributed by atoms with van der Waals surface area (Å²) in [6, 6.07) is 0. The highest BCUT2D eigenvalue weighted by Gasteiger charge is 2.31. The molecule has 0 aromatic carbocycles. The molecule has 2 heteroatoms. The smallest absolute Gasteiger partial charge is 0.105 e. The van der Waals surface area contributed by atoms with Gasteiger partial charge in [-0.15, -0.1) is 0 Å². The van der Waals surface area contributed by atoms with Crippen LogP contribution >= 0.6 is 0 Å². The summed E-state index contributed by atoms with van der Waals surface area (Å²) in [5.41, 5.74) is 1.06. The van der Waals surface area contributed by atoms with E-state index in [2.05, 4.69) is 32.7 Å². The topological polar surface area (TPSA) is 21.6 Å². The SMILES string of the molecule is CCCOC(CCC)(CCC)C(C)=NC. The van der Waals surface area contributed by atoms with Crippen molar-refractivity contribution >= 4 is 5.71 Å². The van der Waals surface area contributed by atoms with Gasteiger partial charge in [-0.2, -0.15) is 0 Å². The highest BCUT2D eigenvalue weighted by molar-refractivity contribution is 5.90. The molecule has 0 saturated heterocycles. The van der Waals surface area contributed by atoms with Gasteiger partial charge in [0.25, 0.3) is 0 Å². The maximum Gasteiger partial charge on any atom is 0.105 e. The molecule has 0 aliphatic carbocycles. The van der Waals surface area contributed by atoms with Crippen LogP contribution in [0.1, 0.15) is 59.8 Å². The minimum Gasteiger partial charge on any atom is -0.369 e. The fourth-order valence-electron chi connectivity index (χ4n) is 2.04. The van der Waals surface area contributed by atoms with Crippen LogP contribution in [-0.4, -0.2) is 25.0 Å². The Hall–Kier alpha value is -0.370. The summed E-state index contributed by atoms with van der Waals surface area (Å²) in [7, 11) is 1.87. The van der Waals surface area contributed by atoms with E-state index in [1.807, 2.05) is 7.05 Å². The summed E-state index contributed by atoms with van der Waals surface area (Å²) < 4.78 is 6.08. The van der Waals surface area contributed by atoms with Gasteiger partial charge in [0.05, 0.1) is 0 Å². The first kappa shape index (κ1) is 14.6. The van der Waals surface area contributed by atoms with Gasteiger partial charge in [-0.05, 0) is 26.2 Å². The predicted molar refractivity (Wildman–Crippen MR) is 67.8 cm³/mol. The van der Waals surface area contributed by atoms with E-state index >= 15 is 0 Å². The van der Waals surface area contributed by atoms with E-state index in [4.69, 9.17) is 4.74 Å². The third-order valence-corrected chi connectivity index (χ3v) is 2.88. The summed E-state index contributed by atoms with van der Waals surface area (Å²) in [5.74, 6) is 0. The van der Waals surface area contributed by atoms with Crippen LogP contribution in [0.4, 0.5) is 0 Å². The van der Waals surface area contributed by atoms with Crippen LogP contribution in [0, 0.1) is 0 Å². The molecule has 15 heavy (non-hydrogen) atoms. The quantitative estimate of drug-likeness (QED) is 0.561. The zero-order valence-electron chi connectivity index (χ0n) is 11.1. The van der Waals surface area contributed by atoms with Crippen molar-refractivity contribution in [1.82, 2.24) is 0 Å². The summed E-state index contributed by atoms with van der Waals surface area (Å²) in [6.45, 7) is 9.51. The number of rotatable bonds is 8. The average molecular weight is 213 g/mol. The maximum absolute atomic E-state index is 6.08. The van der Waals surface area contributed by atoms with Crippen LogP contribution in [0.3, 0.4) is 0 Å². The second-order valence-electron chi connectivity index (χ2n) is 4.15. The first-order chi connectivity index (χ1) is 7.16. The first-order valence-electron chi connectivity index (χ1n) is 6.24. The molecule has 0 bridgehead atoms. The molecule has 0 aromatic heterocycles. The van der Waals surface area contributed by atoms with Gasteiger partial charge in [-0.25, -0.2) is 0 Å². The van der Waals surface area contributed by atoms with Gasteiger partial charge >= 0.3 is 0 Å². The third-order valence-electron chi connectivity index (χ3n) is 2.88. The Morgan fingerprint density at radius 3 is 1.93 bits per heavy atom. The van der Waals surface area contributed by atoms with E-state index in [9.17, 15) is 0 Å². The van der Waals surface area contributed by atoms with Crippen molar-refractivity contribution in [1.29, 1.82) is 0 Å². The van der Waals surface area contributed by atoms with Crippen molar-refractivity contribution in [2.24, 2.45) is 4.99 Å². The standard InChI is InChI=1S/C13H27NO/c1-6-9-13(10-7-2,12(4)14-5)15-11-8-3/h6-11H2,1-5H3. The number of hydrogen-bond acceptors (Lipinski definition) is 2. The predicted octanol–water partition coefficient (Wildman–Crippen LogP) is 3.84. The van der Waals surface area contributed by atoms with Crippen molar-refractivity contribution < 1.29 is 4.74 Å². The Bertz CT molecular complexity index is 181. The summed E-state index contributed by atoms with van der Waals surface area (Å²) in [5, 5.41) is 0. The molecule has 0 saturated carbocycles. The molecule has 2 nitrogen and oxygen atoms in total. The van der Waals surface area contributed by atoms with Crippen LogP contribution in [0.5, 0.6) is 0 Å². The fraction of sp³-hybridized carbons (Fsp3) is 0.923. The summed E-state index contributed by atoms with van der Waals surface area (Å²) >= 11 is 0. The Balaban J connectivity index is 4.71. The lowest BCUT2D eigenvalue weighted by atomic mass is 9.88. The van der Waals surface area contributed by atoms with Crippen LogP contribution in [0.2, 0.25) is 0 Å². The number of hydrogen-bond donors (Lipinski definition) is 0. The van der Waals surface area contributed by atoms with E-state index in [1.54, 1.807) is 0 Å². The van der Waals surface area contributed by atoms with E-state index < -0.39 is 0 Å². The average Bonchev–Trinajstić information content (AvgIpc) is 2.25. The van der Waals surface area contributed by atoms with Gasteiger partial charge < -0.3 is 4.74 Å². The normalized spacial score (nSPS) is 13.3. The molecule has 0 rings (SSSR count). The zero-order valence-corrected chi connectivity index (χ0v) is 11.1. The second kappa shape index (κ2) is 7.86. The number of nitrogens with zero attached hydrogens (tertiary/aromatic N) is 1. The molecule has 0 N–H and O–H groups in total. The molecule has 0 aliphatic rings. The van der Waals surface area contributed by atoms with Crippen LogP contribution in [0.15, 0.2) is 4.99 Å². The van der Waals surface area contributed by atoms with E-state index in [1.165, 1.54) is 0 Å². The summed E-state index contributed by atoms with van der Waals surface area (Å²) in [4.78, 5) is 4.34. The minimum absolute atomic E-state index is 0.0890. The zero-order chi connectivity index (χ0) is 11.7. The molecule has 90 valence electrons. The first-order valence-corrected chi connectivity index (χ1v) is 6.24. The molecule has 0 heterocycles. The molecule has 0 spiro atoms. The van der Waals surface area contributed by atoms with Gasteiger partial charge in [0.15, 0.2) is 0 Å². The lowest BCUT2D eigenvalue weighted by molar-refractivity contribution is -0.00602. The summed E-state index contributed by atoms with van der Waals surface area (Å²) in [6.07, 6.45) is 5.55. The lowest BCUT2D eigenvalue weighted by Gasteiger charge is -2.33. The molecular weight excluding hydrogens is 186 g/mol. The Morgan fingerprint density at radius 1 is 1.07 bits per heavy atom. The highest BCUT2D eigenvalue weighted by Crippen LogP contribution is 2.26. The van der Waals surface area contributed by atoms with Crippen LogP contribution < -0.4 is 0 Å². The minimum atomic E-state index is -0.0890. The Kier molecular flexibility index (Phi) is 7.67. The van der Waals surface area contributed by atoms with E-state index in [-0.39, 0.29) is 5.60 Å². The molecule has 0 fully saturated rings. The largest absolute Gasteiger partial charge is 0.369 e. The molecule has 0 aromatic rings. The van der Waals surface area contributed by atoms with Gasteiger partial charge in [0, 0.05) is 19.4 Å². The Labute approximate surface area is 95.1 Å². The lowest BCUT2D eigenvalue weighted by Crippen LogP contribution is -2.40. The van der Waals surface area contributed by atoms with Crippen molar-refractivity contribution in [3.8, 4) is 0 Å². The maximum atomic E-state index is 6.08. The fourth-order valence-corrected chi connectivity index (χ4v) is 2.04. The van der Waals surface area contributed by atoms with Gasteiger partial charge in [-0.1, -0.05) is 33.6 Å². The van der Waals surface area contributed by atoms with Crippen molar-refractivity contribution in [3.63, 3.8) is 0 Å². The van der Waals surface area contributed by atoms with Gasteiger partial charge in [-0.3, -0.25) is 4.99 Å². The van der Waals surface area contributed by atoms with Crippen molar-refractivity contribution in [2.45, 2.75) is 65.4 Å². The van der Waals surface area contributed by atoms with Crippen molar-refractivity contribution in [2.75, 3.05) is 13.7 Å². The monoisotopic (exact) mass is 213 g/mol. The number of aliphatic imine (C=N–C) groups is 1. The molecule has 0 unspecified atom stereocenters. The van der Waals surface area contributed by atoms with E-state index in [0.29, 0.717) is 0 Å². The van der Waals surface area contributed by atoms with Gasteiger partial charge in [0.2, 0.25) is 0 Å². The molecular formula is C13H27NO. The van der Waals surface area contributed by atoms with E-state index in [0.717, 1.165) is 44.4 Å². The molecule has 0 aliphatic heterocycles. The third kappa shape index (κ3) is 4.33. The molecule has 0 radical (unpaired) electrons. The number of ether oxygens (including phenoxy) is 1. The van der Waals surface area contributed by atoms with Crippen LogP contribution in [0.25, 0.3) is 0 Å². The van der Waals surface area contributed by atoms with Crippen molar-refractivity contribution in [3.05, 3.63) is 0 Å². The van der Waals surface area contributed by atoms with Gasteiger partial charge in [0.1, 0.15) is 5.60 Å². The van der Waals surface area contributed by atoms with Crippen LogP contribution in [-0.2, 0) is 4.74 Å². The molecule has 0 atom stereocenters.